The number of halogens is 1. The van der Waals surface area contributed by atoms with Gasteiger partial charge < -0.3 is 9.47 Å². The smallest absolute Gasteiger partial charge is 0.262 e. The number of hydrogen-bond donors (Lipinski definition) is 1. The van der Waals surface area contributed by atoms with Crippen LogP contribution in [-0.4, -0.2) is 32.4 Å². The molecule has 27 heavy (non-hydrogen) atoms. The molecule has 0 saturated carbocycles. The van der Waals surface area contributed by atoms with E-state index in [-0.39, 0.29) is 10.7 Å². The Balaban J connectivity index is 1.76. The Hall–Kier alpha value is -3.07. The molecule has 7 nitrogen and oxygen atoms in total. The maximum atomic E-state index is 13.0. The molecule has 1 N–H and O–H groups in total. The maximum absolute atomic E-state index is 13.0. The summed E-state index contributed by atoms with van der Waals surface area (Å²) in [5.41, 5.74) is 1.15. The number of hydrogen-bond acceptors (Lipinski definition) is 5. The Morgan fingerprint density at radius 3 is 2.44 bits per heavy atom. The van der Waals surface area contributed by atoms with Crippen molar-refractivity contribution in [3.63, 3.8) is 0 Å². The van der Waals surface area contributed by atoms with E-state index in [1.165, 1.54) is 50.7 Å². The van der Waals surface area contributed by atoms with Gasteiger partial charge in [0, 0.05) is 12.3 Å². The summed E-state index contributed by atoms with van der Waals surface area (Å²) in [4.78, 5) is 0.0337. The predicted molar refractivity (Wildman–Crippen MR) is 98.1 cm³/mol. The lowest BCUT2D eigenvalue weighted by Crippen LogP contribution is -2.12. The van der Waals surface area contributed by atoms with Gasteiger partial charge in [-0.3, -0.25) is 9.40 Å². The molecular weight excluding hydrogens is 373 g/mol. The zero-order valence-electron chi connectivity index (χ0n) is 14.7. The van der Waals surface area contributed by atoms with E-state index >= 15 is 0 Å². The molecule has 2 aromatic carbocycles. The molecule has 0 atom stereocenters. The molecule has 0 aliphatic heterocycles. The number of anilines is 1. The van der Waals surface area contributed by atoms with E-state index in [2.05, 4.69) is 9.82 Å². The Bertz CT molecular complexity index is 1030. The first-order chi connectivity index (χ1) is 12.9. The van der Waals surface area contributed by atoms with Crippen molar-refractivity contribution in [2.24, 2.45) is 0 Å². The van der Waals surface area contributed by atoms with Crippen LogP contribution in [-0.2, 0) is 16.6 Å². The molecule has 9 heteroatoms. The summed E-state index contributed by atoms with van der Waals surface area (Å²) >= 11 is 0. The lowest BCUT2D eigenvalue weighted by molar-refractivity contribution is 0.354. The number of nitrogens with one attached hydrogen (secondary N) is 1. The molecule has 0 unspecified atom stereocenters. The molecule has 0 radical (unpaired) electrons. The molecule has 1 heterocycles. The fourth-order valence-corrected chi connectivity index (χ4v) is 3.52. The van der Waals surface area contributed by atoms with Crippen LogP contribution >= 0.6 is 0 Å². The lowest BCUT2D eigenvalue weighted by Gasteiger charge is -2.10. The molecule has 0 bridgehead atoms. The normalized spacial score (nSPS) is 11.2. The van der Waals surface area contributed by atoms with Crippen LogP contribution in [0.25, 0.3) is 0 Å². The molecule has 0 aliphatic carbocycles. The summed E-state index contributed by atoms with van der Waals surface area (Å²) in [6.45, 7) is 0.387. The summed E-state index contributed by atoms with van der Waals surface area (Å²) in [5.74, 6) is 0.429. The van der Waals surface area contributed by atoms with Gasteiger partial charge in [0.1, 0.15) is 5.82 Å². The number of methoxy groups -OCH3 is 2. The summed E-state index contributed by atoms with van der Waals surface area (Å²) in [7, 11) is -0.921. The van der Waals surface area contributed by atoms with Crippen molar-refractivity contribution in [2.45, 2.75) is 11.4 Å². The second-order valence-corrected chi connectivity index (χ2v) is 7.36. The van der Waals surface area contributed by atoms with E-state index in [9.17, 15) is 12.8 Å². The first-order valence-electron chi connectivity index (χ1n) is 7.93. The second-order valence-electron chi connectivity index (χ2n) is 5.68. The monoisotopic (exact) mass is 391 g/mol. The van der Waals surface area contributed by atoms with Gasteiger partial charge in [-0.1, -0.05) is 12.1 Å². The van der Waals surface area contributed by atoms with Crippen LogP contribution in [0.1, 0.15) is 5.56 Å². The molecular formula is C18H18FN3O4S. The van der Waals surface area contributed by atoms with Crippen LogP contribution in [0.5, 0.6) is 11.5 Å². The van der Waals surface area contributed by atoms with Crippen LogP contribution in [0.3, 0.4) is 0 Å². The van der Waals surface area contributed by atoms with Crippen molar-refractivity contribution in [3.8, 4) is 11.5 Å². The topological polar surface area (TPSA) is 82.5 Å². The van der Waals surface area contributed by atoms with Crippen LogP contribution in [0.2, 0.25) is 0 Å². The van der Waals surface area contributed by atoms with Crippen molar-refractivity contribution >= 4 is 15.7 Å². The average Bonchev–Trinajstić information content (AvgIpc) is 3.09. The third-order valence-corrected chi connectivity index (χ3v) is 5.19. The zero-order valence-corrected chi connectivity index (χ0v) is 15.5. The number of ether oxygens (including phenoxy) is 2. The van der Waals surface area contributed by atoms with E-state index < -0.39 is 10.0 Å². The van der Waals surface area contributed by atoms with Crippen molar-refractivity contribution in [3.05, 3.63) is 66.2 Å². The Morgan fingerprint density at radius 1 is 1.07 bits per heavy atom. The van der Waals surface area contributed by atoms with E-state index in [0.29, 0.717) is 23.7 Å². The van der Waals surface area contributed by atoms with Crippen molar-refractivity contribution < 1.29 is 22.3 Å². The third kappa shape index (κ3) is 4.37. The van der Waals surface area contributed by atoms with Gasteiger partial charge in [0.25, 0.3) is 10.0 Å². The SMILES string of the molecule is COc1ccc(S(=O)(=O)Nc2cnn(Cc3ccc(F)cc3)c2)cc1OC. The predicted octanol–water partition coefficient (Wildman–Crippen LogP) is 2.89. The van der Waals surface area contributed by atoms with Gasteiger partial charge >= 0.3 is 0 Å². The number of aromatic nitrogens is 2. The van der Waals surface area contributed by atoms with Gasteiger partial charge in [0.15, 0.2) is 11.5 Å². The highest BCUT2D eigenvalue weighted by molar-refractivity contribution is 7.92. The number of rotatable bonds is 7. The average molecular weight is 391 g/mol. The minimum Gasteiger partial charge on any atom is -0.493 e. The summed E-state index contributed by atoms with van der Waals surface area (Å²) in [5, 5.41) is 4.12. The molecule has 142 valence electrons. The molecule has 3 aromatic rings. The van der Waals surface area contributed by atoms with E-state index in [1.807, 2.05) is 0 Å². The molecule has 0 saturated heterocycles. The largest absolute Gasteiger partial charge is 0.493 e. The molecule has 3 rings (SSSR count). The van der Waals surface area contributed by atoms with Gasteiger partial charge in [0.05, 0.1) is 37.5 Å². The first kappa shape index (κ1) is 18.7. The number of nitrogens with zero attached hydrogens (tertiary/aromatic N) is 2. The van der Waals surface area contributed by atoms with Gasteiger partial charge in [-0.25, -0.2) is 12.8 Å². The molecule has 1 aromatic heterocycles. The quantitative estimate of drug-likeness (QED) is 0.670. The highest BCUT2D eigenvalue weighted by Crippen LogP contribution is 2.30. The minimum atomic E-state index is -3.82. The highest BCUT2D eigenvalue weighted by Gasteiger charge is 2.18. The molecule has 0 fully saturated rings. The fourth-order valence-electron chi connectivity index (χ4n) is 2.48. The number of benzene rings is 2. The second kappa shape index (κ2) is 7.67. The first-order valence-corrected chi connectivity index (χ1v) is 9.41. The standard InChI is InChI=1S/C18H18FN3O4S/c1-25-17-8-7-16(9-18(17)26-2)27(23,24)21-15-10-20-22(12-15)11-13-3-5-14(19)6-4-13/h3-10,12,21H,11H2,1-2H3. The van der Waals surface area contributed by atoms with E-state index in [1.54, 1.807) is 23.0 Å². The van der Waals surface area contributed by atoms with Gasteiger partial charge in [-0.05, 0) is 29.8 Å². The van der Waals surface area contributed by atoms with Gasteiger partial charge in [-0.2, -0.15) is 5.10 Å². The van der Waals surface area contributed by atoms with Crippen LogP contribution in [0.4, 0.5) is 10.1 Å². The molecule has 0 spiro atoms. The van der Waals surface area contributed by atoms with Crippen molar-refractivity contribution in [1.82, 2.24) is 9.78 Å². The fraction of sp³-hybridized carbons (Fsp3) is 0.167. The van der Waals surface area contributed by atoms with Crippen LogP contribution in [0, 0.1) is 5.82 Å². The summed E-state index contributed by atoms with van der Waals surface area (Å²) < 4.78 is 52.4. The Labute approximate surface area is 156 Å². The molecule has 0 aliphatic rings. The van der Waals surface area contributed by atoms with Crippen LogP contribution < -0.4 is 14.2 Å². The van der Waals surface area contributed by atoms with E-state index in [4.69, 9.17) is 9.47 Å². The summed E-state index contributed by atoms with van der Waals surface area (Å²) in [6, 6.07) is 10.3. The van der Waals surface area contributed by atoms with Crippen molar-refractivity contribution in [1.29, 1.82) is 0 Å². The maximum Gasteiger partial charge on any atom is 0.262 e. The van der Waals surface area contributed by atoms with Crippen LogP contribution in [0.15, 0.2) is 59.8 Å². The van der Waals surface area contributed by atoms with E-state index in [0.717, 1.165) is 5.56 Å². The summed E-state index contributed by atoms with van der Waals surface area (Å²) in [6.07, 6.45) is 2.96. The van der Waals surface area contributed by atoms with Crippen molar-refractivity contribution in [2.75, 3.05) is 18.9 Å². The molecule has 0 amide bonds. The lowest BCUT2D eigenvalue weighted by atomic mass is 10.2. The minimum absolute atomic E-state index is 0.0337. The Morgan fingerprint density at radius 2 is 1.78 bits per heavy atom. The zero-order chi connectivity index (χ0) is 19.4. The Kier molecular flexibility index (Phi) is 5.31. The third-order valence-electron chi connectivity index (χ3n) is 3.81. The van der Waals surface area contributed by atoms with Gasteiger partial charge in [-0.15, -0.1) is 0 Å². The highest BCUT2D eigenvalue weighted by atomic mass is 32.2. The number of sulfonamides is 1. The van der Waals surface area contributed by atoms with Gasteiger partial charge in [0.2, 0.25) is 0 Å².